The second-order valence-corrected chi connectivity index (χ2v) is 4.84. The van der Waals surface area contributed by atoms with Crippen LogP contribution in [-0.4, -0.2) is 27.2 Å². The summed E-state index contributed by atoms with van der Waals surface area (Å²) < 4.78 is 39.7. The molecule has 4 nitrogen and oxygen atoms in total. The fraction of sp³-hybridized carbons (Fsp3) is 0.500. The lowest BCUT2D eigenvalue weighted by Gasteiger charge is -2.14. The normalized spacial score (nSPS) is 24.2. The van der Waals surface area contributed by atoms with Crippen LogP contribution in [0.5, 0.6) is 0 Å². The van der Waals surface area contributed by atoms with Crippen LogP contribution >= 0.6 is 0 Å². The molecule has 1 N–H and O–H groups in total. The van der Waals surface area contributed by atoms with Gasteiger partial charge in [-0.2, -0.15) is 13.2 Å². The highest BCUT2D eigenvalue weighted by atomic mass is 19.4. The maximum Gasteiger partial charge on any atom is 0.417 e. The molecule has 1 aliphatic heterocycles. The monoisotopic (exact) mass is 270 g/mol. The molecule has 0 radical (unpaired) electrons. The molecule has 7 heteroatoms. The zero-order valence-corrected chi connectivity index (χ0v) is 10.3. The Bertz CT molecular complexity index is 605. The smallest absolute Gasteiger partial charge is 0.314 e. The Labute approximate surface area is 107 Å². The molecule has 1 fully saturated rings. The molecular formula is C12H13F3N4. The largest absolute Gasteiger partial charge is 0.417 e. The van der Waals surface area contributed by atoms with E-state index >= 15 is 0 Å². The first kappa shape index (κ1) is 12.4. The summed E-state index contributed by atoms with van der Waals surface area (Å²) in [6, 6.07) is 2.58. The summed E-state index contributed by atoms with van der Waals surface area (Å²) in [4.78, 5) is 0. The van der Waals surface area contributed by atoms with Gasteiger partial charge in [0.1, 0.15) is 5.82 Å². The van der Waals surface area contributed by atoms with Crippen LogP contribution in [0.2, 0.25) is 0 Å². The maximum atomic E-state index is 12.7. The summed E-state index contributed by atoms with van der Waals surface area (Å²) >= 11 is 0. The fourth-order valence-electron chi connectivity index (χ4n) is 2.54. The second-order valence-electron chi connectivity index (χ2n) is 4.84. The zero-order chi connectivity index (χ0) is 13.6. The van der Waals surface area contributed by atoms with Crippen LogP contribution in [0.4, 0.5) is 13.2 Å². The summed E-state index contributed by atoms with van der Waals surface area (Å²) in [5, 5.41) is 11.3. The van der Waals surface area contributed by atoms with Crippen molar-refractivity contribution >= 4 is 5.65 Å². The van der Waals surface area contributed by atoms with Crippen LogP contribution in [0, 0.1) is 0 Å². The van der Waals surface area contributed by atoms with Gasteiger partial charge in [0, 0.05) is 18.2 Å². The van der Waals surface area contributed by atoms with Crippen LogP contribution in [0.3, 0.4) is 0 Å². The van der Waals surface area contributed by atoms with E-state index in [1.165, 1.54) is 10.5 Å². The number of halogens is 3. The highest BCUT2D eigenvalue weighted by Crippen LogP contribution is 2.31. The second kappa shape index (κ2) is 4.19. The first-order chi connectivity index (χ1) is 8.97. The summed E-state index contributed by atoms with van der Waals surface area (Å²) in [6.07, 6.45) is -2.41. The van der Waals surface area contributed by atoms with Gasteiger partial charge < -0.3 is 5.32 Å². The summed E-state index contributed by atoms with van der Waals surface area (Å²) in [5.74, 6) is 0.692. The quantitative estimate of drug-likeness (QED) is 0.864. The SMILES string of the molecule is CC1NCCC1c1nnc2ccc(C(F)(F)F)cn12. The van der Waals surface area contributed by atoms with Crippen molar-refractivity contribution in [1.82, 2.24) is 19.9 Å². The highest BCUT2D eigenvalue weighted by Gasteiger charge is 2.33. The van der Waals surface area contributed by atoms with Crippen LogP contribution in [0.1, 0.15) is 30.7 Å². The van der Waals surface area contributed by atoms with Crippen molar-refractivity contribution < 1.29 is 13.2 Å². The Hall–Kier alpha value is -1.63. The van der Waals surface area contributed by atoms with E-state index in [1.807, 2.05) is 6.92 Å². The lowest BCUT2D eigenvalue weighted by atomic mass is 10.0. The number of alkyl halides is 3. The number of pyridine rings is 1. The number of nitrogens with zero attached hydrogens (tertiary/aromatic N) is 3. The molecule has 3 heterocycles. The van der Waals surface area contributed by atoms with Gasteiger partial charge in [-0.3, -0.25) is 4.40 Å². The molecule has 0 bridgehead atoms. The van der Waals surface area contributed by atoms with E-state index in [1.54, 1.807) is 0 Å². The molecular weight excluding hydrogens is 257 g/mol. The lowest BCUT2D eigenvalue weighted by molar-refractivity contribution is -0.137. The van der Waals surface area contributed by atoms with Crippen LogP contribution in [0.25, 0.3) is 5.65 Å². The van der Waals surface area contributed by atoms with Crippen molar-refractivity contribution in [3.05, 3.63) is 29.7 Å². The predicted molar refractivity (Wildman–Crippen MR) is 62.8 cm³/mol. The molecule has 0 aliphatic carbocycles. The lowest BCUT2D eigenvalue weighted by Crippen LogP contribution is -2.23. The van der Waals surface area contributed by atoms with Gasteiger partial charge in [-0.25, -0.2) is 0 Å². The predicted octanol–water partition coefficient (Wildman–Crippen LogP) is 2.21. The van der Waals surface area contributed by atoms with Crippen molar-refractivity contribution in [2.75, 3.05) is 6.54 Å². The Kier molecular flexibility index (Phi) is 2.74. The van der Waals surface area contributed by atoms with Gasteiger partial charge in [-0.05, 0) is 32.0 Å². The minimum Gasteiger partial charge on any atom is -0.314 e. The minimum atomic E-state index is -4.35. The molecule has 0 amide bonds. The summed E-state index contributed by atoms with van der Waals surface area (Å²) in [5.41, 5.74) is -0.234. The Balaban J connectivity index is 2.10. The Morgan fingerprint density at radius 2 is 2.11 bits per heavy atom. The van der Waals surface area contributed by atoms with E-state index in [2.05, 4.69) is 15.5 Å². The van der Waals surface area contributed by atoms with Gasteiger partial charge in [0.2, 0.25) is 0 Å². The van der Waals surface area contributed by atoms with E-state index in [9.17, 15) is 13.2 Å². The topological polar surface area (TPSA) is 42.2 Å². The molecule has 2 atom stereocenters. The standard InChI is InChI=1S/C12H13F3N4/c1-7-9(4-5-16-7)11-18-17-10-3-2-8(6-19(10)11)12(13,14)15/h2-3,6-7,9,16H,4-5H2,1H3. The first-order valence-corrected chi connectivity index (χ1v) is 6.12. The van der Waals surface area contributed by atoms with Crippen molar-refractivity contribution in [3.63, 3.8) is 0 Å². The van der Waals surface area contributed by atoms with E-state index in [0.717, 1.165) is 25.2 Å². The van der Waals surface area contributed by atoms with Crippen LogP contribution in [0.15, 0.2) is 18.3 Å². The van der Waals surface area contributed by atoms with Gasteiger partial charge in [0.05, 0.1) is 5.56 Å². The molecule has 1 aliphatic rings. The first-order valence-electron chi connectivity index (χ1n) is 6.12. The van der Waals surface area contributed by atoms with Gasteiger partial charge >= 0.3 is 6.18 Å². The molecule has 2 aromatic rings. The molecule has 2 aromatic heterocycles. The van der Waals surface area contributed by atoms with E-state index < -0.39 is 11.7 Å². The maximum absolute atomic E-state index is 12.7. The Morgan fingerprint density at radius 3 is 2.74 bits per heavy atom. The number of hydrogen-bond donors (Lipinski definition) is 1. The molecule has 0 aromatic carbocycles. The number of rotatable bonds is 1. The van der Waals surface area contributed by atoms with E-state index in [-0.39, 0.29) is 12.0 Å². The van der Waals surface area contributed by atoms with Gasteiger partial charge in [-0.15, -0.1) is 10.2 Å². The molecule has 19 heavy (non-hydrogen) atoms. The molecule has 2 unspecified atom stereocenters. The van der Waals surface area contributed by atoms with E-state index in [0.29, 0.717) is 11.5 Å². The molecule has 102 valence electrons. The third-order valence-corrected chi connectivity index (χ3v) is 3.61. The highest BCUT2D eigenvalue weighted by molar-refractivity contribution is 5.41. The van der Waals surface area contributed by atoms with Crippen LogP contribution in [-0.2, 0) is 6.18 Å². The molecule has 3 rings (SSSR count). The van der Waals surface area contributed by atoms with E-state index in [4.69, 9.17) is 0 Å². The zero-order valence-electron chi connectivity index (χ0n) is 10.3. The third-order valence-electron chi connectivity index (χ3n) is 3.61. The summed E-state index contributed by atoms with van der Waals surface area (Å²) in [6.45, 7) is 2.85. The van der Waals surface area contributed by atoms with Gasteiger partial charge in [0.25, 0.3) is 0 Å². The number of nitrogens with one attached hydrogen (secondary N) is 1. The van der Waals surface area contributed by atoms with Gasteiger partial charge in [0.15, 0.2) is 5.65 Å². The van der Waals surface area contributed by atoms with Crippen molar-refractivity contribution in [2.45, 2.75) is 31.5 Å². The van der Waals surface area contributed by atoms with Crippen molar-refractivity contribution in [2.24, 2.45) is 0 Å². The molecule has 0 spiro atoms. The number of aromatic nitrogens is 3. The van der Waals surface area contributed by atoms with Crippen molar-refractivity contribution in [1.29, 1.82) is 0 Å². The van der Waals surface area contributed by atoms with Gasteiger partial charge in [-0.1, -0.05) is 0 Å². The average molecular weight is 270 g/mol. The number of hydrogen-bond acceptors (Lipinski definition) is 3. The number of fused-ring (bicyclic) bond motifs is 1. The molecule has 1 saturated heterocycles. The summed E-state index contributed by atoms with van der Waals surface area (Å²) in [7, 11) is 0. The minimum absolute atomic E-state index is 0.0958. The van der Waals surface area contributed by atoms with Crippen LogP contribution < -0.4 is 5.32 Å². The average Bonchev–Trinajstić information content (AvgIpc) is 2.92. The van der Waals surface area contributed by atoms with Crippen molar-refractivity contribution in [3.8, 4) is 0 Å². The third kappa shape index (κ3) is 2.07. The molecule has 0 saturated carbocycles. The fourth-order valence-corrected chi connectivity index (χ4v) is 2.54. The Morgan fingerprint density at radius 1 is 1.32 bits per heavy atom.